The normalized spacial score (nSPS) is 18.9. The van der Waals surface area contributed by atoms with Gasteiger partial charge < -0.3 is 16.4 Å². The molecule has 1 unspecified atom stereocenters. The Morgan fingerprint density at radius 2 is 2.24 bits per heavy atom. The zero-order valence-electron chi connectivity index (χ0n) is 9.40. The van der Waals surface area contributed by atoms with Gasteiger partial charge in [-0.3, -0.25) is 9.59 Å². The minimum Gasteiger partial charge on any atom is -0.355 e. The Morgan fingerprint density at radius 1 is 1.47 bits per heavy atom. The van der Waals surface area contributed by atoms with Crippen molar-refractivity contribution in [2.45, 2.75) is 13.0 Å². The van der Waals surface area contributed by atoms with Crippen LogP contribution in [-0.2, 0) is 16.1 Å². The van der Waals surface area contributed by atoms with Gasteiger partial charge in [-0.15, -0.1) is 0 Å². The molecule has 1 saturated heterocycles. The summed E-state index contributed by atoms with van der Waals surface area (Å²) < 4.78 is 0. The average Bonchev–Trinajstić information content (AvgIpc) is 2.77. The van der Waals surface area contributed by atoms with Gasteiger partial charge in [0, 0.05) is 25.2 Å². The standard InChI is InChI=1S/C12H15N3O2/c13-6-8-3-1-2-4-10(8)15-12(17)9-5-11(16)14-7-9/h1-4,9H,5-7,13H2,(H,14,16)(H,15,17). The highest BCUT2D eigenvalue weighted by molar-refractivity contribution is 5.97. The van der Waals surface area contributed by atoms with E-state index in [4.69, 9.17) is 5.73 Å². The molecule has 2 rings (SSSR count). The van der Waals surface area contributed by atoms with Gasteiger partial charge >= 0.3 is 0 Å². The van der Waals surface area contributed by atoms with E-state index < -0.39 is 0 Å². The van der Waals surface area contributed by atoms with E-state index in [0.717, 1.165) is 11.3 Å². The molecule has 0 saturated carbocycles. The molecule has 0 radical (unpaired) electrons. The maximum absolute atomic E-state index is 11.9. The van der Waals surface area contributed by atoms with Crippen molar-refractivity contribution in [2.24, 2.45) is 11.7 Å². The van der Waals surface area contributed by atoms with Crippen LogP contribution < -0.4 is 16.4 Å². The van der Waals surface area contributed by atoms with E-state index in [9.17, 15) is 9.59 Å². The second-order valence-corrected chi connectivity index (χ2v) is 4.06. The van der Waals surface area contributed by atoms with Gasteiger partial charge in [-0.25, -0.2) is 0 Å². The Kier molecular flexibility index (Phi) is 3.39. The Hall–Kier alpha value is -1.88. The van der Waals surface area contributed by atoms with Gasteiger partial charge in [0.1, 0.15) is 0 Å². The lowest BCUT2D eigenvalue weighted by molar-refractivity contribution is -0.123. The van der Waals surface area contributed by atoms with E-state index in [0.29, 0.717) is 13.1 Å². The first-order chi connectivity index (χ1) is 8.20. The fraction of sp³-hybridized carbons (Fsp3) is 0.333. The third-order valence-corrected chi connectivity index (χ3v) is 2.84. The number of rotatable bonds is 3. The van der Waals surface area contributed by atoms with Gasteiger partial charge in [0.25, 0.3) is 0 Å². The van der Waals surface area contributed by atoms with Crippen LogP contribution in [0.3, 0.4) is 0 Å². The first kappa shape index (κ1) is 11.6. The van der Waals surface area contributed by atoms with Crippen LogP contribution in [0.15, 0.2) is 24.3 Å². The predicted molar refractivity (Wildman–Crippen MR) is 64.1 cm³/mol. The van der Waals surface area contributed by atoms with Gasteiger partial charge in [-0.1, -0.05) is 18.2 Å². The fourth-order valence-electron chi connectivity index (χ4n) is 1.85. The number of nitrogens with one attached hydrogen (secondary N) is 2. The summed E-state index contributed by atoms with van der Waals surface area (Å²) in [7, 11) is 0. The number of hydrogen-bond donors (Lipinski definition) is 3. The molecule has 4 N–H and O–H groups in total. The number of hydrogen-bond acceptors (Lipinski definition) is 3. The molecule has 90 valence electrons. The van der Waals surface area contributed by atoms with Gasteiger partial charge in [0.15, 0.2) is 0 Å². The van der Waals surface area contributed by atoms with Crippen LogP contribution in [0, 0.1) is 5.92 Å². The van der Waals surface area contributed by atoms with E-state index in [-0.39, 0.29) is 24.2 Å². The summed E-state index contributed by atoms with van der Waals surface area (Å²) in [5.74, 6) is -0.491. The van der Waals surface area contributed by atoms with Gasteiger partial charge in [-0.2, -0.15) is 0 Å². The largest absolute Gasteiger partial charge is 0.355 e. The van der Waals surface area contributed by atoms with E-state index in [1.165, 1.54) is 0 Å². The van der Waals surface area contributed by atoms with Crippen molar-refractivity contribution in [3.8, 4) is 0 Å². The van der Waals surface area contributed by atoms with Crippen LogP contribution in [0.4, 0.5) is 5.69 Å². The summed E-state index contributed by atoms with van der Waals surface area (Å²) in [6, 6.07) is 7.39. The van der Waals surface area contributed by atoms with Crippen molar-refractivity contribution in [1.29, 1.82) is 0 Å². The molecule has 1 atom stereocenters. The SMILES string of the molecule is NCc1ccccc1NC(=O)C1CNC(=O)C1. The van der Waals surface area contributed by atoms with Crippen LogP contribution in [0.5, 0.6) is 0 Å². The van der Waals surface area contributed by atoms with E-state index in [1.807, 2.05) is 24.3 Å². The van der Waals surface area contributed by atoms with Crippen LogP contribution >= 0.6 is 0 Å². The topological polar surface area (TPSA) is 84.2 Å². The molecule has 0 aromatic heterocycles. The van der Waals surface area contributed by atoms with Crippen LogP contribution in [0.25, 0.3) is 0 Å². The molecule has 0 aliphatic carbocycles. The predicted octanol–water partition coefficient (Wildman–Crippen LogP) is 0.220. The zero-order chi connectivity index (χ0) is 12.3. The summed E-state index contributed by atoms with van der Waals surface area (Å²) in [4.78, 5) is 22.9. The molecule has 1 aliphatic heterocycles. The summed E-state index contributed by atoms with van der Waals surface area (Å²) >= 11 is 0. The van der Waals surface area contributed by atoms with Crippen molar-refractivity contribution >= 4 is 17.5 Å². The molecule has 0 spiro atoms. The van der Waals surface area contributed by atoms with Crippen LogP contribution in [-0.4, -0.2) is 18.4 Å². The second kappa shape index (κ2) is 4.97. The minimum absolute atomic E-state index is 0.0720. The molecule has 1 aliphatic rings. The zero-order valence-corrected chi connectivity index (χ0v) is 9.40. The number of carbonyl (C=O) groups is 2. The molecular formula is C12H15N3O2. The Balaban J connectivity index is 2.05. The smallest absolute Gasteiger partial charge is 0.229 e. The number of nitrogens with two attached hydrogens (primary N) is 1. The third-order valence-electron chi connectivity index (χ3n) is 2.84. The number of amides is 2. The molecule has 2 amide bonds. The second-order valence-electron chi connectivity index (χ2n) is 4.06. The van der Waals surface area contributed by atoms with E-state index in [1.54, 1.807) is 0 Å². The number of para-hydroxylation sites is 1. The van der Waals surface area contributed by atoms with Gasteiger partial charge in [0.05, 0.1) is 5.92 Å². The summed E-state index contributed by atoms with van der Waals surface area (Å²) in [6.07, 6.45) is 0.261. The van der Waals surface area contributed by atoms with Crippen LogP contribution in [0.2, 0.25) is 0 Å². The highest BCUT2D eigenvalue weighted by Crippen LogP contribution is 2.17. The molecule has 1 fully saturated rings. The van der Waals surface area contributed by atoms with Crippen molar-refractivity contribution in [3.63, 3.8) is 0 Å². The molecule has 5 nitrogen and oxygen atoms in total. The Bertz CT molecular complexity index is 445. The quantitative estimate of drug-likeness (QED) is 0.698. The summed E-state index contributed by atoms with van der Waals surface area (Å²) in [5.41, 5.74) is 7.19. The molecular weight excluding hydrogens is 218 g/mol. The van der Waals surface area contributed by atoms with Crippen molar-refractivity contribution in [3.05, 3.63) is 29.8 Å². The molecule has 0 bridgehead atoms. The summed E-state index contributed by atoms with van der Waals surface area (Å²) in [5, 5.41) is 5.45. The average molecular weight is 233 g/mol. The third kappa shape index (κ3) is 2.62. The maximum Gasteiger partial charge on any atom is 0.229 e. The molecule has 1 aromatic rings. The first-order valence-electron chi connectivity index (χ1n) is 5.56. The van der Waals surface area contributed by atoms with Crippen molar-refractivity contribution < 1.29 is 9.59 Å². The number of benzene rings is 1. The van der Waals surface area contributed by atoms with Crippen LogP contribution in [0.1, 0.15) is 12.0 Å². The van der Waals surface area contributed by atoms with Gasteiger partial charge in [-0.05, 0) is 11.6 Å². The van der Waals surface area contributed by atoms with Crippen molar-refractivity contribution in [1.82, 2.24) is 5.32 Å². The highest BCUT2D eigenvalue weighted by atomic mass is 16.2. The van der Waals surface area contributed by atoms with Crippen molar-refractivity contribution in [2.75, 3.05) is 11.9 Å². The lowest BCUT2D eigenvalue weighted by Crippen LogP contribution is -2.25. The minimum atomic E-state index is -0.284. The fourth-order valence-corrected chi connectivity index (χ4v) is 1.85. The molecule has 5 heteroatoms. The monoisotopic (exact) mass is 233 g/mol. The summed E-state index contributed by atoms with van der Waals surface area (Å²) in [6.45, 7) is 0.785. The Labute approximate surface area is 99.4 Å². The molecule has 1 heterocycles. The van der Waals surface area contributed by atoms with Gasteiger partial charge in [0.2, 0.25) is 11.8 Å². The molecule has 1 aromatic carbocycles. The van der Waals surface area contributed by atoms with E-state index >= 15 is 0 Å². The lowest BCUT2D eigenvalue weighted by atomic mass is 10.1. The first-order valence-corrected chi connectivity index (χ1v) is 5.56. The molecule has 17 heavy (non-hydrogen) atoms. The van der Waals surface area contributed by atoms with E-state index in [2.05, 4.69) is 10.6 Å². The Morgan fingerprint density at radius 3 is 2.88 bits per heavy atom. The number of anilines is 1. The highest BCUT2D eigenvalue weighted by Gasteiger charge is 2.28. The maximum atomic E-state index is 11.9. The number of carbonyl (C=O) groups excluding carboxylic acids is 2. The lowest BCUT2D eigenvalue weighted by Gasteiger charge is -2.12.